The highest BCUT2D eigenvalue weighted by atomic mass is 16.6. The molecule has 0 spiro atoms. The van der Waals surface area contributed by atoms with E-state index < -0.39 is 23.2 Å². The molecule has 0 aromatic heterocycles. The van der Waals surface area contributed by atoms with Gasteiger partial charge in [-0.05, 0) is 48.0 Å². The second kappa shape index (κ2) is 7.45. The highest BCUT2D eigenvalue weighted by molar-refractivity contribution is 5.77. The Bertz CT molecular complexity index is 301. The first-order valence-corrected chi connectivity index (χ1v) is 6.11. The molecule has 6 heteroatoms. The van der Waals surface area contributed by atoms with Gasteiger partial charge in [0.05, 0.1) is 0 Å². The number of esters is 2. The van der Waals surface area contributed by atoms with Crippen LogP contribution in [0.5, 0.6) is 0 Å². The van der Waals surface area contributed by atoms with E-state index in [9.17, 15) is 9.59 Å². The zero-order chi connectivity index (χ0) is 14.6. The molecule has 0 saturated heterocycles. The lowest BCUT2D eigenvalue weighted by Crippen LogP contribution is -2.38. The molecule has 0 aliphatic heterocycles. The van der Waals surface area contributed by atoms with Gasteiger partial charge < -0.3 is 20.7 Å². The molecule has 114 valence electrons. The number of carbonyl (C=O) groups is 2. The van der Waals surface area contributed by atoms with Crippen molar-refractivity contribution in [3.05, 3.63) is 0 Å². The molecule has 19 heavy (non-hydrogen) atoms. The predicted molar refractivity (Wildman–Crippen MR) is 72.5 cm³/mol. The van der Waals surface area contributed by atoms with Crippen LogP contribution in [0.2, 0.25) is 0 Å². The van der Waals surface area contributed by atoms with Crippen LogP contribution in [0.1, 0.15) is 54.4 Å². The molecule has 0 aliphatic rings. The van der Waals surface area contributed by atoms with Crippen LogP contribution in [-0.4, -0.2) is 34.7 Å². The van der Waals surface area contributed by atoms with Crippen LogP contribution in [-0.2, 0) is 19.1 Å². The van der Waals surface area contributed by atoms with Crippen LogP contribution >= 0.6 is 0 Å². The number of carbonyl (C=O) groups excluding carboxylic acids is 2. The molecule has 0 amide bonds. The molecule has 0 rings (SSSR count). The molecule has 0 saturated carbocycles. The number of nitrogens with two attached hydrogens (primary N) is 1. The van der Waals surface area contributed by atoms with Gasteiger partial charge in [0, 0.05) is 6.42 Å². The van der Waals surface area contributed by atoms with Gasteiger partial charge in [-0.15, -0.1) is 0 Å². The third-order valence-electron chi connectivity index (χ3n) is 1.79. The monoisotopic (exact) mass is 277 g/mol. The van der Waals surface area contributed by atoms with Gasteiger partial charge in [-0.25, -0.2) is 0 Å². The Kier molecular flexibility index (Phi) is 7.91. The van der Waals surface area contributed by atoms with Gasteiger partial charge in [0.1, 0.15) is 17.2 Å². The minimum atomic E-state index is -0.795. The second-order valence-electron chi connectivity index (χ2n) is 6.27. The summed E-state index contributed by atoms with van der Waals surface area (Å²) in [6, 6.07) is -0.795. The first-order chi connectivity index (χ1) is 7.91. The Hall–Kier alpha value is -1.14. The summed E-state index contributed by atoms with van der Waals surface area (Å²) < 4.78 is 10.2. The summed E-state index contributed by atoms with van der Waals surface area (Å²) in [5.74, 6) is -0.854. The van der Waals surface area contributed by atoms with Crippen molar-refractivity contribution >= 4 is 11.9 Å². The highest BCUT2D eigenvalue weighted by Gasteiger charge is 2.24. The van der Waals surface area contributed by atoms with E-state index in [1.54, 1.807) is 41.5 Å². The average molecular weight is 277 g/mol. The predicted octanol–water partition coefficient (Wildman–Crippen LogP) is 0.953. The van der Waals surface area contributed by atoms with Gasteiger partial charge in [0.2, 0.25) is 0 Å². The zero-order valence-corrected chi connectivity index (χ0v) is 12.7. The van der Waals surface area contributed by atoms with E-state index in [0.717, 1.165) is 0 Å². The Morgan fingerprint density at radius 1 is 1.00 bits per heavy atom. The smallest absolute Gasteiger partial charge is 0.323 e. The third-order valence-corrected chi connectivity index (χ3v) is 1.79. The van der Waals surface area contributed by atoms with Crippen molar-refractivity contribution < 1.29 is 24.5 Å². The molecular weight excluding hydrogens is 250 g/mol. The van der Waals surface area contributed by atoms with Gasteiger partial charge in [0.15, 0.2) is 0 Å². The van der Waals surface area contributed by atoms with E-state index in [-0.39, 0.29) is 24.3 Å². The SMILES string of the molecule is CC(C)(C)OC(=O)CC[C@H](N)C(=O)OC(C)(C)C.O. The van der Waals surface area contributed by atoms with Crippen LogP contribution < -0.4 is 5.73 Å². The Balaban J connectivity index is 0. The maximum absolute atomic E-state index is 11.6. The minimum Gasteiger partial charge on any atom is -0.460 e. The normalized spacial score (nSPS) is 13.2. The number of ether oxygens (including phenoxy) is 2. The molecule has 1 atom stereocenters. The van der Waals surface area contributed by atoms with Crippen LogP contribution in [0.15, 0.2) is 0 Å². The fraction of sp³-hybridized carbons (Fsp3) is 0.846. The fourth-order valence-electron chi connectivity index (χ4n) is 1.16. The molecule has 0 bridgehead atoms. The maximum atomic E-state index is 11.6. The van der Waals surface area contributed by atoms with Crippen molar-refractivity contribution in [2.24, 2.45) is 5.73 Å². The van der Waals surface area contributed by atoms with Gasteiger partial charge in [-0.3, -0.25) is 9.59 Å². The van der Waals surface area contributed by atoms with Gasteiger partial charge in [-0.2, -0.15) is 0 Å². The summed E-state index contributed by atoms with van der Waals surface area (Å²) >= 11 is 0. The molecule has 0 aromatic carbocycles. The molecule has 0 aliphatic carbocycles. The Morgan fingerprint density at radius 3 is 1.79 bits per heavy atom. The molecule has 4 N–H and O–H groups in total. The van der Waals surface area contributed by atoms with Gasteiger partial charge in [-0.1, -0.05) is 0 Å². The second-order valence-corrected chi connectivity index (χ2v) is 6.27. The van der Waals surface area contributed by atoms with Crippen LogP contribution in [0.4, 0.5) is 0 Å². The number of hydrogen-bond acceptors (Lipinski definition) is 5. The summed E-state index contributed by atoms with van der Waals surface area (Å²) in [6.07, 6.45) is 0.335. The molecular formula is C13H27NO5. The lowest BCUT2D eigenvalue weighted by molar-refractivity contribution is -0.157. The third kappa shape index (κ3) is 11.7. The molecule has 0 radical (unpaired) electrons. The van der Waals surface area contributed by atoms with Crippen LogP contribution in [0.25, 0.3) is 0 Å². The van der Waals surface area contributed by atoms with E-state index in [1.165, 1.54) is 0 Å². The van der Waals surface area contributed by atoms with Gasteiger partial charge in [0.25, 0.3) is 0 Å². The van der Waals surface area contributed by atoms with Crippen molar-refractivity contribution in [1.29, 1.82) is 0 Å². The Labute approximate surface area is 114 Å². The first kappa shape index (κ1) is 20.2. The first-order valence-electron chi connectivity index (χ1n) is 6.11. The molecule has 0 fully saturated rings. The summed E-state index contributed by atoms with van der Waals surface area (Å²) in [6.45, 7) is 10.7. The van der Waals surface area contributed by atoms with Crippen molar-refractivity contribution in [3.63, 3.8) is 0 Å². The van der Waals surface area contributed by atoms with E-state index in [0.29, 0.717) is 0 Å². The van der Waals surface area contributed by atoms with Crippen LogP contribution in [0.3, 0.4) is 0 Å². The van der Waals surface area contributed by atoms with E-state index in [1.807, 2.05) is 0 Å². The minimum absolute atomic E-state index is 0. The summed E-state index contributed by atoms with van der Waals surface area (Å²) in [4.78, 5) is 23.0. The van der Waals surface area contributed by atoms with Crippen molar-refractivity contribution in [3.8, 4) is 0 Å². The molecule has 0 unspecified atom stereocenters. The summed E-state index contributed by atoms with van der Waals surface area (Å²) in [5, 5.41) is 0. The maximum Gasteiger partial charge on any atom is 0.323 e. The topological polar surface area (TPSA) is 110 Å². The molecule has 0 heterocycles. The quantitative estimate of drug-likeness (QED) is 0.769. The summed E-state index contributed by atoms with van der Waals surface area (Å²) in [5.41, 5.74) is 4.56. The number of rotatable bonds is 4. The fourth-order valence-corrected chi connectivity index (χ4v) is 1.16. The summed E-state index contributed by atoms with van der Waals surface area (Å²) in [7, 11) is 0. The molecule has 6 nitrogen and oxygen atoms in total. The van der Waals surface area contributed by atoms with Gasteiger partial charge >= 0.3 is 11.9 Å². The van der Waals surface area contributed by atoms with E-state index in [2.05, 4.69) is 0 Å². The van der Waals surface area contributed by atoms with E-state index in [4.69, 9.17) is 15.2 Å². The average Bonchev–Trinajstić information content (AvgIpc) is 2.08. The van der Waals surface area contributed by atoms with Crippen LogP contribution in [0, 0.1) is 0 Å². The van der Waals surface area contributed by atoms with Crippen molar-refractivity contribution in [2.45, 2.75) is 71.6 Å². The van der Waals surface area contributed by atoms with Crippen molar-refractivity contribution in [1.82, 2.24) is 0 Å². The standard InChI is InChI=1S/C13H25NO4.H2O/c1-12(2,3)17-10(15)8-7-9(14)11(16)18-13(4,5)6;/h9H,7-8,14H2,1-6H3;1H2/t9-;/m0./s1. The largest absolute Gasteiger partial charge is 0.460 e. The lowest BCUT2D eigenvalue weighted by atomic mass is 10.1. The zero-order valence-electron chi connectivity index (χ0n) is 12.7. The van der Waals surface area contributed by atoms with E-state index >= 15 is 0 Å². The lowest BCUT2D eigenvalue weighted by Gasteiger charge is -2.22. The Morgan fingerprint density at radius 2 is 1.42 bits per heavy atom. The van der Waals surface area contributed by atoms with Crippen molar-refractivity contribution in [2.75, 3.05) is 0 Å². The molecule has 0 aromatic rings. The highest BCUT2D eigenvalue weighted by Crippen LogP contribution is 2.12. The number of hydrogen-bond donors (Lipinski definition) is 1.